The lowest BCUT2D eigenvalue weighted by atomic mass is 10.0. The molecule has 10 nitrogen and oxygen atoms in total. The molecule has 1 aromatic heterocycles. The minimum atomic E-state index is -0.807. The zero-order valence-electron chi connectivity index (χ0n) is 15.3. The molecule has 2 heterocycles. The van der Waals surface area contributed by atoms with Crippen LogP contribution in [-0.4, -0.2) is 38.5 Å². The van der Waals surface area contributed by atoms with Crippen LogP contribution in [-0.2, 0) is 21.5 Å². The lowest BCUT2D eigenvalue weighted by Crippen LogP contribution is -2.32. The molecule has 4 rings (SSSR count). The van der Waals surface area contributed by atoms with Gasteiger partial charge in [-0.1, -0.05) is 18.2 Å². The largest absolute Gasteiger partial charge is 0.856 e. The normalized spacial score (nSPS) is 14.7. The molecule has 10 heteroatoms. The summed E-state index contributed by atoms with van der Waals surface area (Å²) in [6.07, 6.45) is 3.02. The van der Waals surface area contributed by atoms with E-state index in [1.807, 2.05) is 0 Å². The molecule has 0 spiro atoms. The Morgan fingerprint density at radius 3 is 2.34 bits per heavy atom. The fraction of sp³-hybridized carbons (Fsp3) is 0.158. The van der Waals surface area contributed by atoms with Gasteiger partial charge in [0.2, 0.25) is 6.33 Å². The van der Waals surface area contributed by atoms with Crippen molar-refractivity contribution in [1.29, 1.82) is 0 Å². The van der Waals surface area contributed by atoms with Gasteiger partial charge in [-0.15, -0.1) is 19.5 Å². The van der Waals surface area contributed by atoms with E-state index in [-0.39, 0.29) is 18.4 Å². The number of rotatable bonds is 4. The molecule has 29 heavy (non-hydrogen) atoms. The molecule has 0 saturated carbocycles. The average molecular weight is 393 g/mol. The smallest absolute Gasteiger partial charge is 0.363 e. The second-order valence-electron chi connectivity index (χ2n) is 6.44. The van der Waals surface area contributed by atoms with Crippen LogP contribution in [0, 0.1) is 0 Å². The SMILES string of the molecule is Cn1c[n+](/N=C(\[O-])c2ccc3cc(C(=O)ON4C(=O)CCC4=O)ccc3c2)cn1. The van der Waals surface area contributed by atoms with Crippen molar-refractivity contribution in [2.24, 2.45) is 12.1 Å². The number of amides is 2. The summed E-state index contributed by atoms with van der Waals surface area (Å²) in [5, 5.41) is 22.1. The molecular weight excluding hydrogens is 378 g/mol. The van der Waals surface area contributed by atoms with E-state index < -0.39 is 23.7 Å². The number of aromatic nitrogens is 3. The van der Waals surface area contributed by atoms with Gasteiger partial charge in [-0.2, -0.15) is 0 Å². The molecule has 1 saturated heterocycles. The monoisotopic (exact) mass is 393 g/mol. The van der Waals surface area contributed by atoms with Gasteiger partial charge in [0.05, 0.1) is 12.6 Å². The number of hydroxylamine groups is 2. The Morgan fingerprint density at radius 2 is 1.72 bits per heavy atom. The van der Waals surface area contributed by atoms with Gasteiger partial charge in [-0.3, -0.25) is 9.59 Å². The van der Waals surface area contributed by atoms with E-state index in [0.717, 1.165) is 0 Å². The minimum Gasteiger partial charge on any atom is -0.856 e. The zero-order valence-corrected chi connectivity index (χ0v) is 15.3. The molecule has 2 amide bonds. The number of hydrogen-bond donors (Lipinski definition) is 0. The fourth-order valence-corrected chi connectivity index (χ4v) is 2.88. The van der Waals surface area contributed by atoms with Crippen molar-refractivity contribution >= 4 is 34.5 Å². The summed E-state index contributed by atoms with van der Waals surface area (Å²) in [4.78, 5) is 40.3. The summed E-state index contributed by atoms with van der Waals surface area (Å²) in [6, 6.07) is 9.62. The van der Waals surface area contributed by atoms with Gasteiger partial charge in [0.15, 0.2) is 0 Å². The van der Waals surface area contributed by atoms with E-state index in [1.54, 1.807) is 43.7 Å². The van der Waals surface area contributed by atoms with Crippen LogP contribution in [0.4, 0.5) is 0 Å². The number of imide groups is 1. The lowest BCUT2D eigenvalue weighted by Gasteiger charge is -2.13. The zero-order chi connectivity index (χ0) is 20.5. The van der Waals surface area contributed by atoms with E-state index in [1.165, 1.54) is 21.8 Å². The average Bonchev–Trinajstić information content (AvgIpc) is 3.26. The molecule has 146 valence electrons. The van der Waals surface area contributed by atoms with Crippen molar-refractivity contribution in [3.05, 3.63) is 60.2 Å². The van der Waals surface area contributed by atoms with Crippen molar-refractivity contribution in [1.82, 2.24) is 14.8 Å². The Bertz CT molecular complexity index is 1170. The van der Waals surface area contributed by atoms with Crippen LogP contribution in [0.3, 0.4) is 0 Å². The summed E-state index contributed by atoms with van der Waals surface area (Å²) >= 11 is 0. The first-order valence-corrected chi connectivity index (χ1v) is 8.69. The van der Waals surface area contributed by atoms with Crippen molar-refractivity contribution in [2.75, 3.05) is 0 Å². The number of carbonyl (C=O) groups is 3. The van der Waals surface area contributed by atoms with Crippen molar-refractivity contribution < 1.29 is 29.0 Å². The molecular formula is C19H15N5O5. The third-order valence-electron chi connectivity index (χ3n) is 4.35. The third-order valence-corrected chi connectivity index (χ3v) is 4.35. The van der Waals surface area contributed by atoms with Crippen LogP contribution in [0.2, 0.25) is 0 Å². The van der Waals surface area contributed by atoms with Crippen LogP contribution in [0.15, 0.2) is 54.2 Å². The second kappa shape index (κ2) is 7.15. The predicted molar refractivity (Wildman–Crippen MR) is 95.8 cm³/mol. The van der Waals surface area contributed by atoms with E-state index in [0.29, 0.717) is 21.4 Å². The van der Waals surface area contributed by atoms with Gasteiger partial charge in [-0.25, -0.2) is 4.79 Å². The van der Waals surface area contributed by atoms with E-state index >= 15 is 0 Å². The summed E-state index contributed by atoms with van der Waals surface area (Å²) in [5.41, 5.74) is 0.553. The highest BCUT2D eigenvalue weighted by molar-refractivity contribution is 6.03. The van der Waals surface area contributed by atoms with E-state index in [2.05, 4.69) is 10.2 Å². The van der Waals surface area contributed by atoms with Crippen LogP contribution in [0.1, 0.15) is 28.8 Å². The van der Waals surface area contributed by atoms with Gasteiger partial charge >= 0.3 is 5.97 Å². The summed E-state index contributed by atoms with van der Waals surface area (Å²) in [5.74, 6) is -2.33. The maximum absolute atomic E-state index is 12.3. The first-order chi connectivity index (χ1) is 13.9. The van der Waals surface area contributed by atoms with Crippen molar-refractivity contribution in [3.63, 3.8) is 0 Å². The van der Waals surface area contributed by atoms with E-state index in [4.69, 9.17) is 4.84 Å². The first kappa shape index (κ1) is 18.3. The van der Waals surface area contributed by atoms with Crippen LogP contribution >= 0.6 is 0 Å². The topological polar surface area (TPSA) is 121 Å². The molecule has 0 radical (unpaired) electrons. The van der Waals surface area contributed by atoms with Crippen molar-refractivity contribution in [3.8, 4) is 0 Å². The predicted octanol–water partition coefficient (Wildman–Crippen LogP) is -0.348. The molecule has 1 fully saturated rings. The Morgan fingerprint density at radius 1 is 1.10 bits per heavy atom. The van der Waals surface area contributed by atoms with Crippen LogP contribution in [0.5, 0.6) is 0 Å². The molecule has 0 N–H and O–H groups in total. The van der Waals surface area contributed by atoms with Gasteiger partial charge in [0.25, 0.3) is 18.1 Å². The molecule has 1 aliphatic rings. The van der Waals surface area contributed by atoms with Crippen LogP contribution in [0.25, 0.3) is 10.8 Å². The molecule has 0 atom stereocenters. The maximum atomic E-state index is 12.3. The standard InChI is InChI=1S/C19H15N5O5/c1-22-11-23(10-20-22)21-18(27)14-4-2-13-9-15(5-3-12(13)8-14)19(28)29-24-16(25)6-7-17(24)26/h2-5,8-11H,6-7H2,1H3. The van der Waals surface area contributed by atoms with Gasteiger partial charge in [0.1, 0.15) is 0 Å². The number of nitrogens with zero attached hydrogens (tertiary/aromatic N) is 5. The Balaban J connectivity index is 1.57. The highest BCUT2D eigenvalue weighted by Gasteiger charge is 2.33. The van der Waals surface area contributed by atoms with Crippen LogP contribution < -0.4 is 9.78 Å². The molecule has 0 bridgehead atoms. The van der Waals surface area contributed by atoms with Crippen molar-refractivity contribution in [2.45, 2.75) is 12.8 Å². The molecule has 0 aliphatic carbocycles. The lowest BCUT2D eigenvalue weighted by molar-refractivity contribution is -0.682. The number of benzene rings is 2. The molecule has 2 aromatic carbocycles. The second-order valence-corrected chi connectivity index (χ2v) is 6.44. The number of carbonyl (C=O) groups excluding carboxylic acids is 3. The molecule has 3 aromatic rings. The Kier molecular flexibility index (Phi) is 4.51. The number of aryl methyl sites for hydroxylation is 1. The number of hydrogen-bond acceptors (Lipinski definition) is 7. The number of fused-ring (bicyclic) bond motifs is 1. The molecule has 1 aliphatic heterocycles. The minimum absolute atomic E-state index is 0.0308. The van der Waals surface area contributed by atoms with Gasteiger partial charge in [0, 0.05) is 23.8 Å². The summed E-state index contributed by atoms with van der Waals surface area (Å²) in [7, 11) is 1.71. The van der Waals surface area contributed by atoms with Gasteiger partial charge in [-0.05, 0) is 34.5 Å². The third kappa shape index (κ3) is 3.68. The Labute approximate surface area is 164 Å². The summed E-state index contributed by atoms with van der Waals surface area (Å²) < 4.78 is 2.83. The highest BCUT2D eigenvalue weighted by Crippen LogP contribution is 2.20. The Hall–Kier alpha value is -4.08. The quantitative estimate of drug-likeness (QED) is 0.259. The maximum Gasteiger partial charge on any atom is 0.363 e. The molecule has 0 unspecified atom stereocenters. The highest BCUT2D eigenvalue weighted by atomic mass is 16.7. The fourth-order valence-electron chi connectivity index (χ4n) is 2.88. The van der Waals surface area contributed by atoms with Gasteiger partial charge < -0.3 is 9.94 Å². The van der Waals surface area contributed by atoms with E-state index in [9.17, 15) is 19.5 Å². The first-order valence-electron chi connectivity index (χ1n) is 8.69. The summed E-state index contributed by atoms with van der Waals surface area (Å²) in [6.45, 7) is 0.